The maximum absolute atomic E-state index is 11.6. The second-order valence-corrected chi connectivity index (χ2v) is 4.80. The number of hydrogen-bond donors (Lipinski definition) is 0. The number of halogens is 2. The number of ether oxygens (including phenoxy) is 1. The average molecular weight is 402 g/mol. The molecule has 1 aromatic carbocycles. The van der Waals surface area contributed by atoms with Crippen LogP contribution >= 0.6 is 45.2 Å². The minimum atomic E-state index is -0.393. The fraction of sp³-hybridized carbons (Fsp3) is 0.222. The Balaban J connectivity index is 2.89. The Morgan fingerprint density at radius 3 is 2.77 bits per heavy atom. The van der Waals surface area contributed by atoms with Gasteiger partial charge in [0.1, 0.15) is 0 Å². The predicted molar refractivity (Wildman–Crippen MR) is 68.3 cm³/mol. The van der Waals surface area contributed by atoms with Crippen LogP contribution in [0.25, 0.3) is 0 Å². The summed E-state index contributed by atoms with van der Waals surface area (Å²) in [6.45, 7) is 0. The number of ketones is 1. The van der Waals surface area contributed by atoms with Crippen LogP contribution < -0.4 is 0 Å². The summed E-state index contributed by atoms with van der Waals surface area (Å²) in [7, 11) is 1.53. The summed E-state index contributed by atoms with van der Waals surface area (Å²) in [5.74, 6) is 0.0154. The zero-order valence-electron chi connectivity index (χ0n) is 6.96. The van der Waals surface area contributed by atoms with Gasteiger partial charge in [-0.1, -0.05) is 12.1 Å². The van der Waals surface area contributed by atoms with E-state index < -0.39 is 4.11 Å². The zero-order chi connectivity index (χ0) is 9.84. The largest absolute Gasteiger partial charge is 0.363 e. The summed E-state index contributed by atoms with van der Waals surface area (Å²) >= 11 is 4.15. The minimum absolute atomic E-state index is 0.0154. The highest BCUT2D eigenvalue weighted by molar-refractivity contribution is 14.1. The fourth-order valence-electron chi connectivity index (χ4n) is 0.880. The first-order chi connectivity index (χ1) is 6.15. The Labute approximate surface area is 104 Å². The van der Waals surface area contributed by atoms with Gasteiger partial charge in [-0.25, -0.2) is 0 Å². The van der Waals surface area contributed by atoms with Crippen molar-refractivity contribution in [2.24, 2.45) is 0 Å². The molecule has 13 heavy (non-hydrogen) atoms. The summed E-state index contributed by atoms with van der Waals surface area (Å²) < 4.78 is 5.61. The van der Waals surface area contributed by atoms with Crippen LogP contribution in [0.5, 0.6) is 0 Å². The van der Waals surface area contributed by atoms with Crippen molar-refractivity contribution in [2.45, 2.75) is 4.11 Å². The van der Waals surface area contributed by atoms with Gasteiger partial charge in [0, 0.05) is 16.2 Å². The molecule has 0 aliphatic carbocycles. The molecule has 2 nitrogen and oxygen atoms in total. The molecule has 0 bridgehead atoms. The summed E-state index contributed by atoms with van der Waals surface area (Å²) in [6.07, 6.45) is 0. The third-order valence-corrected chi connectivity index (χ3v) is 3.27. The Kier molecular flexibility index (Phi) is 4.60. The summed E-state index contributed by atoms with van der Waals surface area (Å²) in [6, 6.07) is 7.48. The van der Waals surface area contributed by atoms with Crippen molar-refractivity contribution in [2.75, 3.05) is 7.11 Å². The van der Waals surface area contributed by atoms with E-state index in [1.54, 1.807) is 6.07 Å². The first-order valence-electron chi connectivity index (χ1n) is 3.62. The predicted octanol–water partition coefficient (Wildman–Crippen LogP) is 2.88. The SMILES string of the molecule is COC(I)C(=O)c1cccc(I)c1. The Morgan fingerprint density at radius 2 is 2.23 bits per heavy atom. The number of methoxy groups -OCH3 is 1. The van der Waals surface area contributed by atoms with Crippen LogP contribution in [0, 0.1) is 3.57 Å². The van der Waals surface area contributed by atoms with Crippen LogP contribution in [0.3, 0.4) is 0 Å². The van der Waals surface area contributed by atoms with Crippen LogP contribution in [-0.2, 0) is 4.74 Å². The third kappa shape index (κ3) is 3.17. The molecule has 0 aromatic heterocycles. The lowest BCUT2D eigenvalue weighted by molar-refractivity contribution is 0.0819. The highest BCUT2D eigenvalue weighted by Crippen LogP contribution is 2.14. The average Bonchev–Trinajstić information content (AvgIpc) is 2.15. The van der Waals surface area contributed by atoms with Crippen molar-refractivity contribution in [3.63, 3.8) is 0 Å². The van der Waals surface area contributed by atoms with Gasteiger partial charge in [0.15, 0.2) is 4.11 Å². The van der Waals surface area contributed by atoms with E-state index in [9.17, 15) is 4.79 Å². The highest BCUT2D eigenvalue weighted by atomic mass is 127. The van der Waals surface area contributed by atoms with Gasteiger partial charge < -0.3 is 4.74 Å². The van der Waals surface area contributed by atoms with E-state index >= 15 is 0 Å². The maximum atomic E-state index is 11.6. The molecule has 4 heteroatoms. The van der Waals surface area contributed by atoms with Gasteiger partial charge in [-0.05, 0) is 57.3 Å². The van der Waals surface area contributed by atoms with E-state index in [0.29, 0.717) is 5.56 Å². The fourth-order valence-corrected chi connectivity index (χ4v) is 1.78. The molecule has 1 atom stereocenters. The molecule has 0 amide bonds. The summed E-state index contributed by atoms with van der Waals surface area (Å²) in [5.41, 5.74) is 0.702. The Bertz CT molecular complexity index is 312. The molecule has 0 heterocycles. The molecule has 1 rings (SSSR count). The summed E-state index contributed by atoms with van der Waals surface area (Å²) in [5, 5.41) is 0. The van der Waals surface area contributed by atoms with Gasteiger partial charge in [-0.3, -0.25) is 4.79 Å². The van der Waals surface area contributed by atoms with E-state index in [0.717, 1.165) is 3.57 Å². The molecule has 0 spiro atoms. The second-order valence-electron chi connectivity index (χ2n) is 2.43. The van der Waals surface area contributed by atoms with E-state index in [-0.39, 0.29) is 5.78 Å². The number of carbonyl (C=O) groups excluding carboxylic acids is 1. The van der Waals surface area contributed by atoms with Gasteiger partial charge in [-0.15, -0.1) is 0 Å². The monoisotopic (exact) mass is 402 g/mol. The number of alkyl halides is 1. The van der Waals surface area contributed by atoms with Gasteiger partial charge in [-0.2, -0.15) is 0 Å². The topological polar surface area (TPSA) is 26.3 Å². The normalized spacial score (nSPS) is 12.5. The van der Waals surface area contributed by atoms with Gasteiger partial charge in [0.05, 0.1) is 0 Å². The van der Waals surface area contributed by atoms with Crippen LogP contribution in [0.4, 0.5) is 0 Å². The molecule has 0 saturated heterocycles. The van der Waals surface area contributed by atoms with Crippen LogP contribution in [0.2, 0.25) is 0 Å². The van der Waals surface area contributed by atoms with E-state index in [1.807, 2.05) is 40.8 Å². The van der Waals surface area contributed by atoms with Gasteiger partial charge >= 0.3 is 0 Å². The molecule has 1 unspecified atom stereocenters. The summed E-state index contributed by atoms with van der Waals surface area (Å²) in [4.78, 5) is 11.6. The second kappa shape index (κ2) is 5.26. The third-order valence-electron chi connectivity index (χ3n) is 1.52. The molecule has 0 fully saturated rings. The lowest BCUT2D eigenvalue weighted by Crippen LogP contribution is -2.15. The number of Topliss-reactive ketones (excluding diaryl/α,β-unsaturated/α-hetero) is 1. The molecule has 0 aliphatic heterocycles. The van der Waals surface area contributed by atoms with Crippen LogP contribution in [-0.4, -0.2) is 17.0 Å². The van der Waals surface area contributed by atoms with Crippen molar-refractivity contribution >= 4 is 51.0 Å². The Hall–Kier alpha value is 0.310. The van der Waals surface area contributed by atoms with Gasteiger partial charge in [0.25, 0.3) is 0 Å². The molecule has 0 radical (unpaired) electrons. The number of carbonyl (C=O) groups is 1. The van der Waals surface area contributed by atoms with E-state index in [1.165, 1.54) is 7.11 Å². The highest BCUT2D eigenvalue weighted by Gasteiger charge is 2.15. The smallest absolute Gasteiger partial charge is 0.201 e. The van der Waals surface area contributed by atoms with Crippen molar-refractivity contribution in [3.05, 3.63) is 33.4 Å². The first kappa shape index (κ1) is 11.4. The van der Waals surface area contributed by atoms with E-state index in [4.69, 9.17) is 4.74 Å². The number of hydrogen-bond acceptors (Lipinski definition) is 2. The number of benzene rings is 1. The molecule has 0 saturated carbocycles. The molecule has 0 N–H and O–H groups in total. The molecule has 0 aliphatic rings. The minimum Gasteiger partial charge on any atom is -0.363 e. The molecule has 1 aromatic rings. The zero-order valence-corrected chi connectivity index (χ0v) is 11.3. The standard InChI is InChI=1S/C9H8I2O2/c1-13-9(11)8(12)6-3-2-4-7(10)5-6/h2-5,9H,1H3. The maximum Gasteiger partial charge on any atom is 0.201 e. The molecule has 70 valence electrons. The van der Waals surface area contributed by atoms with E-state index in [2.05, 4.69) is 22.6 Å². The lowest BCUT2D eigenvalue weighted by atomic mass is 10.1. The lowest BCUT2D eigenvalue weighted by Gasteiger charge is -2.06. The van der Waals surface area contributed by atoms with Crippen molar-refractivity contribution < 1.29 is 9.53 Å². The van der Waals surface area contributed by atoms with Crippen LogP contribution in [0.15, 0.2) is 24.3 Å². The molecular weight excluding hydrogens is 394 g/mol. The van der Waals surface area contributed by atoms with Crippen molar-refractivity contribution in [3.8, 4) is 0 Å². The van der Waals surface area contributed by atoms with Crippen LogP contribution in [0.1, 0.15) is 10.4 Å². The van der Waals surface area contributed by atoms with Crippen molar-refractivity contribution in [1.82, 2.24) is 0 Å². The molecular formula is C9H8I2O2. The first-order valence-corrected chi connectivity index (χ1v) is 5.94. The number of rotatable bonds is 3. The van der Waals surface area contributed by atoms with Crippen molar-refractivity contribution in [1.29, 1.82) is 0 Å². The Morgan fingerprint density at radius 1 is 1.54 bits per heavy atom. The van der Waals surface area contributed by atoms with Gasteiger partial charge in [0.2, 0.25) is 5.78 Å². The quantitative estimate of drug-likeness (QED) is 0.442.